The molecule has 0 saturated heterocycles. The van der Waals surface area contributed by atoms with Gasteiger partial charge in [0.05, 0.1) is 22.5 Å². The van der Waals surface area contributed by atoms with Gasteiger partial charge in [-0.3, -0.25) is 4.68 Å². The highest BCUT2D eigenvalue weighted by Crippen LogP contribution is 2.21. The molecule has 102 valence electrons. The van der Waals surface area contributed by atoms with Gasteiger partial charge in [0.25, 0.3) is 0 Å². The van der Waals surface area contributed by atoms with Crippen LogP contribution in [0.1, 0.15) is 17.0 Å². The molecule has 2 aromatic rings. The lowest BCUT2D eigenvalue weighted by atomic mass is 10.0. The minimum absolute atomic E-state index is 0.464. The van der Waals surface area contributed by atoms with E-state index in [9.17, 15) is 5.11 Å². The minimum Gasteiger partial charge on any atom is -0.392 e. The van der Waals surface area contributed by atoms with Crippen molar-refractivity contribution in [3.8, 4) is 0 Å². The van der Waals surface area contributed by atoms with Crippen LogP contribution in [0.15, 0.2) is 28.7 Å². The van der Waals surface area contributed by atoms with Gasteiger partial charge in [0.1, 0.15) is 0 Å². The first-order chi connectivity index (χ1) is 8.97. The minimum atomic E-state index is -0.464. The molecule has 1 atom stereocenters. The lowest BCUT2D eigenvalue weighted by molar-refractivity contribution is 0.173. The molecular formula is C14H16BrClN2O. The maximum Gasteiger partial charge on any atom is 0.0847 e. The summed E-state index contributed by atoms with van der Waals surface area (Å²) in [5, 5.41) is 15.1. The third-order valence-electron chi connectivity index (χ3n) is 3.08. The van der Waals surface area contributed by atoms with E-state index in [1.54, 1.807) is 4.68 Å². The van der Waals surface area contributed by atoms with Crippen molar-refractivity contribution in [2.45, 2.75) is 25.9 Å². The van der Waals surface area contributed by atoms with Crippen molar-refractivity contribution in [2.24, 2.45) is 7.05 Å². The van der Waals surface area contributed by atoms with Crippen molar-refractivity contribution in [1.29, 1.82) is 0 Å². The van der Waals surface area contributed by atoms with Crippen molar-refractivity contribution < 1.29 is 5.11 Å². The second-order valence-corrected chi connectivity index (χ2v) is 5.95. The first kappa shape index (κ1) is 14.6. The van der Waals surface area contributed by atoms with E-state index in [2.05, 4.69) is 21.0 Å². The van der Waals surface area contributed by atoms with Crippen LogP contribution in [0, 0.1) is 6.92 Å². The van der Waals surface area contributed by atoms with Gasteiger partial charge in [-0.05, 0) is 31.0 Å². The first-order valence-electron chi connectivity index (χ1n) is 6.08. The van der Waals surface area contributed by atoms with Crippen LogP contribution >= 0.6 is 27.5 Å². The van der Waals surface area contributed by atoms with Crippen molar-refractivity contribution in [2.75, 3.05) is 0 Å². The molecule has 0 spiro atoms. The van der Waals surface area contributed by atoms with Gasteiger partial charge in [0.15, 0.2) is 0 Å². The molecule has 1 unspecified atom stereocenters. The van der Waals surface area contributed by atoms with Crippen LogP contribution in [0.4, 0.5) is 0 Å². The summed E-state index contributed by atoms with van der Waals surface area (Å²) in [5.41, 5.74) is 2.78. The zero-order valence-electron chi connectivity index (χ0n) is 10.9. The van der Waals surface area contributed by atoms with Gasteiger partial charge in [-0.15, -0.1) is 0 Å². The van der Waals surface area contributed by atoms with Crippen LogP contribution in [-0.2, 0) is 19.9 Å². The Hall–Kier alpha value is -0.840. The van der Waals surface area contributed by atoms with Gasteiger partial charge >= 0.3 is 0 Å². The average Bonchev–Trinajstić information content (AvgIpc) is 2.59. The number of halogens is 2. The maximum absolute atomic E-state index is 10.2. The van der Waals surface area contributed by atoms with E-state index < -0.39 is 6.10 Å². The van der Waals surface area contributed by atoms with Crippen LogP contribution in [0.25, 0.3) is 0 Å². The summed E-state index contributed by atoms with van der Waals surface area (Å²) in [5.74, 6) is 0. The maximum atomic E-state index is 10.2. The largest absolute Gasteiger partial charge is 0.392 e. The van der Waals surface area contributed by atoms with E-state index in [1.165, 1.54) is 0 Å². The molecule has 0 fully saturated rings. The number of aliphatic hydroxyl groups excluding tert-OH is 1. The summed E-state index contributed by atoms with van der Waals surface area (Å²) in [6.07, 6.45) is 0.647. The summed E-state index contributed by atoms with van der Waals surface area (Å²) < 4.78 is 2.78. The number of aromatic nitrogens is 2. The highest BCUT2D eigenvalue weighted by molar-refractivity contribution is 9.10. The fourth-order valence-electron chi connectivity index (χ4n) is 2.09. The molecule has 0 saturated carbocycles. The molecule has 0 bridgehead atoms. The van der Waals surface area contributed by atoms with Gasteiger partial charge in [0, 0.05) is 17.9 Å². The van der Waals surface area contributed by atoms with Crippen LogP contribution in [0.3, 0.4) is 0 Å². The Bertz CT molecular complexity index is 566. The summed E-state index contributed by atoms with van der Waals surface area (Å²) in [4.78, 5) is 0. The zero-order chi connectivity index (χ0) is 14.0. The number of aryl methyl sites for hydroxylation is 2. The molecule has 1 heterocycles. The molecule has 5 heteroatoms. The van der Waals surface area contributed by atoms with Crippen LogP contribution in [0.2, 0.25) is 5.02 Å². The fraction of sp³-hybridized carbons (Fsp3) is 0.357. The second-order valence-electron chi connectivity index (χ2n) is 4.66. The third-order valence-corrected chi connectivity index (χ3v) is 4.10. The number of rotatable bonds is 4. The summed E-state index contributed by atoms with van der Waals surface area (Å²) >= 11 is 9.58. The Morgan fingerprint density at radius 3 is 2.47 bits per heavy atom. The molecule has 3 nitrogen and oxygen atoms in total. The zero-order valence-corrected chi connectivity index (χ0v) is 13.2. The molecule has 0 radical (unpaired) electrons. The Labute approximate surface area is 126 Å². The molecule has 19 heavy (non-hydrogen) atoms. The fourth-order valence-corrected chi connectivity index (χ4v) is 2.59. The van der Waals surface area contributed by atoms with E-state index in [1.807, 2.05) is 38.2 Å². The normalized spacial score (nSPS) is 12.7. The van der Waals surface area contributed by atoms with Gasteiger partial charge < -0.3 is 5.11 Å². The van der Waals surface area contributed by atoms with Gasteiger partial charge in [-0.25, -0.2) is 0 Å². The molecule has 0 aliphatic rings. The smallest absolute Gasteiger partial charge is 0.0847 e. The Morgan fingerprint density at radius 1 is 1.32 bits per heavy atom. The molecule has 0 aliphatic heterocycles. The number of hydrogen-bond acceptors (Lipinski definition) is 2. The van der Waals surface area contributed by atoms with Gasteiger partial charge in [-0.2, -0.15) is 5.10 Å². The first-order valence-corrected chi connectivity index (χ1v) is 7.25. The Balaban J connectivity index is 2.05. The van der Waals surface area contributed by atoms with Crippen LogP contribution in [0.5, 0.6) is 0 Å². The molecule has 1 N–H and O–H groups in total. The van der Waals surface area contributed by atoms with Crippen molar-refractivity contribution in [1.82, 2.24) is 9.78 Å². The van der Waals surface area contributed by atoms with Crippen molar-refractivity contribution in [3.63, 3.8) is 0 Å². The number of hydrogen-bond donors (Lipinski definition) is 1. The Morgan fingerprint density at radius 2 is 1.95 bits per heavy atom. The van der Waals surface area contributed by atoms with E-state index in [4.69, 9.17) is 11.6 Å². The van der Waals surface area contributed by atoms with E-state index in [0.29, 0.717) is 17.9 Å². The average molecular weight is 344 g/mol. The van der Waals surface area contributed by atoms with Gasteiger partial charge in [-0.1, -0.05) is 39.7 Å². The second kappa shape index (κ2) is 6.07. The number of benzene rings is 1. The number of aliphatic hydroxyl groups is 1. The monoisotopic (exact) mass is 342 g/mol. The summed E-state index contributed by atoms with van der Waals surface area (Å²) in [6.45, 7) is 1.87. The quantitative estimate of drug-likeness (QED) is 0.925. The topological polar surface area (TPSA) is 38.0 Å². The predicted molar refractivity (Wildman–Crippen MR) is 80.5 cm³/mol. The lowest BCUT2D eigenvalue weighted by Crippen LogP contribution is -2.16. The molecule has 0 aliphatic carbocycles. The van der Waals surface area contributed by atoms with E-state index >= 15 is 0 Å². The SMILES string of the molecule is Cc1nn(C)c(CC(O)Cc2ccc(Br)cc2)c1Cl. The van der Waals surface area contributed by atoms with Crippen LogP contribution in [-0.4, -0.2) is 21.0 Å². The van der Waals surface area contributed by atoms with Gasteiger partial charge in [0.2, 0.25) is 0 Å². The molecule has 0 amide bonds. The van der Waals surface area contributed by atoms with E-state index in [-0.39, 0.29) is 0 Å². The standard InChI is InChI=1S/C14H16BrClN2O/c1-9-14(16)13(18(2)17-9)8-12(19)7-10-3-5-11(15)6-4-10/h3-6,12,19H,7-8H2,1-2H3. The molecule has 2 rings (SSSR count). The Kier molecular flexibility index (Phi) is 4.66. The van der Waals surface area contributed by atoms with Crippen LogP contribution < -0.4 is 0 Å². The number of nitrogens with zero attached hydrogens (tertiary/aromatic N) is 2. The molecule has 1 aromatic carbocycles. The summed E-state index contributed by atoms with van der Waals surface area (Å²) in [7, 11) is 1.85. The predicted octanol–water partition coefficient (Wildman–Crippen LogP) is 3.29. The van der Waals surface area contributed by atoms with Crippen molar-refractivity contribution >= 4 is 27.5 Å². The molecular weight excluding hydrogens is 328 g/mol. The van der Waals surface area contributed by atoms with E-state index in [0.717, 1.165) is 21.4 Å². The third kappa shape index (κ3) is 3.59. The molecule has 1 aromatic heterocycles. The van der Waals surface area contributed by atoms with Crippen molar-refractivity contribution in [3.05, 3.63) is 50.7 Å². The lowest BCUT2D eigenvalue weighted by Gasteiger charge is -2.11. The highest BCUT2D eigenvalue weighted by atomic mass is 79.9. The summed E-state index contributed by atoms with van der Waals surface area (Å²) in [6, 6.07) is 7.96. The highest BCUT2D eigenvalue weighted by Gasteiger charge is 2.15.